The van der Waals surface area contributed by atoms with Gasteiger partial charge in [0.2, 0.25) is 11.8 Å². The molecule has 73 heavy (non-hydrogen) atoms. The van der Waals surface area contributed by atoms with E-state index in [0.717, 1.165) is 95.0 Å². The van der Waals surface area contributed by atoms with Crippen LogP contribution >= 0.6 is 23.1 Å². The number of likely N-dealkylation sites (N-methyl/N-ethyl adjacent to an activating group) is 1. The van der Waals surface area contributed by atoms with Crippen molar-refractivity contribution in [3.8, 4) is 11.5 Å². The zero-order valence-corrected chi connectivity index (χ0v) is 43.2. The fourth-order valence-corrected chi connectivity index (χ4v) is 11.4. The first kappa shape index (κ1) is 52.5. The number of hydrogen-bond acceptors (Lipinski definition) is 15. The number of ether oxygens (including phenoxy) is 2. The van der Waals surface area contributed by atoms with Gasteiger partial charge in [-0.05, 0) is 86.8 Å². The zero-order chi connectivity index (χ0) is 51.8. The van der Waals surface area contributed by atoms with E-state index < -0.39 is 23.8 Å². The summed E-state index contributed by atoms with van der Waals surface area (Å²) in [6.45, 7) is 10.2. The molecule has 1 atom stereocenters. The molecule has 3 aromatic carbocycles. The highest BCUT2D eigenvalue weighted by Crippen LogP contribution is 2.39. The van der Waals surface area contributed by atoms with Gasteiger partial charge in [0.15, 0.2) is 11.7 Å². The highest BCUT2D eigenvalue weighted by Gasteiger charge is 2.47. The largest absolute Gasteiger partial charge is 0.496 e. The van der Waals surface area contributed by atoms with Crippen molar-refractivity contribution in [2.24, 2.45) is 0 Å². The number of likely N-dealkylation sites (tertiary alicyclic amines) is 1. The van der Waals surface area contributed by atoms with E-state index in [4.69, 9.17) is 9.47 Å². The van der Waals surface area contributed by atoms with Gasteiger partial charge in [-0.3, -0.25) is 58.4 Å². The Bertz CT molecular complexity index is 2750. The molecule has 1 aromatic heterocycles. The van der Waals surface area contributed by atoms with Crippen molar-refractivity contribution in [2.75, 3.05) is 96.4 Å². The number of unbranched alkanes of at least 4 members (excludes halogenated alkanes) is 4. The summed E-state index contributed by atoms with van der Waals surface area (Å²) in [5.74, 6) is -2.43. The Morgan fingerprint density at radius 1 is 0.836 bits per heavy atom. The van der Waals surface area contributed by atoms with Crippen LogP contribution in [0.5, 0.6) is 11.5 Å². The number of carbonyl (C=O) groups excluding carboxylic acids is 8. The first-order valence-electron chi connectivity index (χ1n) is 24.7. The number of amides is 8. The molecule has 21 heteroatoms. The zero-order valence-electron chi connectivity index (χ0n) is 41.6. The molecule has 0 radical (unpaired) electrons. The van der Waals surface area contributed by atoms with E-state index in [1.807, 2.05) is 43.3 Å². The number of rotatable bonds is 19. The average molecular weight is 1040 g/mol. The lowest BCUT2D eigenvalue weighted by Crippen LogP contribution is -2.54. The predicted octanol–water partition coefficient (Wildman–Crippen LogP) is 5.18. The summed E-state index contributed by atoms with van der Waals surface area (Å²) in [5, 5.41) is 6.26. The van der Waals surface area contributed by atoms with Crippen LogP contribution in [-0.2, 0) is 19.2 Å². The van der Waals surface area contributed by atoms with E-state index >= 15 is 0 Å². The number of piperazine rings is 2. The van der Waals surface area contributed by atoms with Crippen molar-refractivity contribution in [3.63, 3.8) is 0 Å². The van der Waals surface area contributed by atoms with Crippen LogP contribution in [0.25, 0.3) is 0 Å². The van der Waals surface area contributed by atoms with Crippen LogP contribution in [-0.4, -0.2) is 169 Å². The molecule has 2 N–H and O–H groups in total. The van der Waals surface area contributed by atoms with Crippen LogP contribution in [0.1, 0.15) is 98.9 Å². The fraction of sp³-hybridized carbons (Fsp3) is 0.442. The van der Waals surface area contributed by atoms with Crippen molar-refractivity contribution in [3.05, 3.63) is 88.6 Å². The summed E-state index contributed by atoms with van der Waals surface area (Å²) in [5.41, 5.74) is 3.10. The molecule has 386 valence electrons. The molecule has 5 heterocycles. The highest BCUT2D eigenvalue weighted by molar-refractivity contribution is 8.01. The van der Waals surface area contributed by atoms with Crippen LogP contribution in [0.2, 0.25) is 0 Å². The number of anilines is 2. The lowest BCUT2D eigenvalue weighted by Gasteiger charge is -2.36. The number of imide groups is 2. The second kappa shape index (κ2) is 23.8. The van der Waals surface area contributed by atoms with E-state index in [1.165, 1.54) is 49.2 Å². The summed E-state index contributed by atoms with van der Waals surface area (Å²) in [7, 11) is 2.88. The lowest BCUT2D eigenvalue weighted by molar-refractivity contribution is -0.149. The Hall–Kier alpha value is -6.84. The molecule has 4 aliphatic rings. The van der Waals surface area contributed by atoms with Gasteiger partial charge in [0.25, 0.3) is 35.4 Å². The van der Waals surface area contributed by atoms with E-state index in [9.17, 15) is 38.4 Å². The number of carbonyl (C=O) groups is 8. The normalized spacial score (nSPS) is 17.3. The van der Waals surface area contributed by atoms with Crippen molar-refractivity contribution in [1.29, 1.82) is 0 Å². The Morgan fingerprint density at radius 2 is 1.55 bits per heavy atom. The van der Waals surface area contributed by atoms with Crippen molar-refractivity contribution in [2.45, 2.75) is 73.9 Å². The number of nitrogens with zero attached hydrogens (tertiary/aromatic N) is 7. The number of aryl methyl sites for hydroxylation is 1. The van der Waals surface area contributed by atoms with Crippen LogP contribution in [0.3, 0.4) is 0 Å². The molecular weight excluding hydrogens is 975 g/mol. The molecule has 4 aromatic rings. The molecule has 8 rings (SSSR count). The predicted molar refractivity (Wildman–Crippen MR) is 275 cm³/mol. The Kier molecular flexibility index (Phi) is 17.1. The minimum Gasteiger partial charge on any atom is -0.496 e. The van der Waals surface area contributed by atoms with Crippen LogP contribution in [0.4, 0.5) is 10.8 Å². The first-order valence-corrected chi connectivity index (χ1v) is 26.3. The fourth-order valence-electron chi connectivity index (χ4n) is 9.42. The van der Waals surface area contributed by atoms with E-state index in [0.29, 0.717) is 54.7 Å². The van der Waals surface area contributed by atoms with Gasteiger partial charge < -0.3 is 29.5 Å². The Morgan fingerprint density at radius 3 is 2.27 bits per heavy atom. The van der Waals surface area contributed by atoms with Gasteiger partial charge in [-0.2, -0.15) is 0 Å². The van der Waals surface area contributed by atoms with E-state index in [2.05, 4.69) is 25.4 Å². The van der Waals surface area contributed by atoms with Crippen LogP contribution < -0.4 is 25.0 Å². The smallest absolute Gasteiger partial charge is 0.266 e. The molecule has 19 nitrogen and oxygen atoms in total. The third-order valence-corrected chi connectivity index (χ3v) is 15.9. The molecule has 3 saturated heterocycles. The topological polar surface area (TPSA) is 211 Å². The molecule has 3 fully saturated rings. The van der Waals surface area contributed by atoms with E-state index in [-0.39, 0.29) is 65.9 Å². The monoisotopic (exact) mass is 1040 g/mol. The van der Waals surface area contributed by atoms with E-state index in [1.54, 1.807) is 29.2 Å². The number of thiazole rings is 1. The maximum atomic E-state index is 13.6. The molecule has 0 bridgehead atoms. The van der Waals surface area contributed by atoms with Gasteiger partial charge in [-0.1, -0.05) is 48.4 Å². The summed E-state index contributed by atoms with van der Waals surface area (Å²) in [6.07, 6.45) is 6.80. The number of piperidine rings is 1. The third kappa shape index (κ3) is 12.3. The summed E-state index contributed by atoms with van der Waals surface area (Å²) >= 11 is 2.83. The van der Waals surface area contributed by atoms with Gasteiger partial charge in [0, 0.05) is 95.4 Å². The molecule has 0 saturated carbocycles. The van der Waals surface area contributed by atoms with Crippen molar-refractivity contribution < 1.29 is 47.8 Å². The SMILES string of the molecule is COc1cc(C)c(Sc2cnc(NC(=O)c3ccc(N4CCN(CCCCCCCNC(=O)COc5cccc6c5C(=O)N(C5CCC(=O)N(C)C5=O)C6=O)CC4)cc3)s2)cc1C(=O)N1CCN(C(C)=O)CC1. The first-order chi connectivity index (χ1) is 35.2. The molecular formula is C52H61N9O10S2. The summed E-state index contributed by atoms with van der Waals surface area (Å²) in [6, 6.07) is 14.8. The third-order valence-electron chi connectivity index (χ3n) is 13.7. The molecule has 0 spiro atoms. The summed E-state index contributed by atoms with van der Waals surface area (Å²) < 4.78 is 12.1. The van der Waals surface area contributed by atoms with Gasteiger partial charge >= 0.3 is 0 Å². The number of methoxy groups -OCH3 is 1. The summed E-state index contributed by atoms with van der Waals surface area (Å²) in [4.78, 5) is 118. The number of benzene rings is 3. The van der Waals surface area contributed by atoms with Gasteiger partial charge in [0.1, 0.15) is 17.5 Å². The highest BCUT2D eigenvalue weighted by atomic mass is 32.2. The van der Waals surface area contributed by atoms with Crippen molar-refractivity contribution >= 4 is 81.2 Å². The van der Waals surface area contributed by atoms with Gasteiger partial charge in [-0.15, -0.1) is 0 Å². The van der Waals surface area contributed by atoms with Crippen molar-refractivity contribution in [1.82, 2.24) is 34.8 Å². The second-order valence-electron chi connectivity index (χ2n) is 18.4. The maximum Gasteiger partial charge on any atom is 0.266 e. The number of fused-ring (bicyclic) bond motifs is 1. The molecule has 1 unspecified atom stereocenters. The minimum absolute atomic E-state index is 0.00206. The number of aromatic nitrogens is 1. The standard InChI is InChI=1S/C52H61N9O10S2/c1-33-29-41(70-4)38(48(66)60-27-25-58(26-28-60)34(2)62)30-42(33)72-45-31-54-52(73-45)55-47(65)35-13-15-36(16-14-35)59-23-21-57(22-24-59)20-9-7-5-6-8-19-53-43(63)32-71-40-12-10-11-37-46(40)51(69)61(49(37)67)39-17-18-44(64)56(3)50(39)68/h10-16,29-31,39H,5-9,17-28,32H2,1-4H3,(H,53,63)(H,54,55,65). The average Bonchev–Trinajstić information content (AvgIpc) is 3.95. The Balaban J connectivity index is 0.695. The van der Waals surface area contributed by atoms with Crippen LogP contribution in [0.15, 0.2) is 69.9 Å². The van der Waals surface area contributed by atoms with Crippen LogP contribution in [0, 0.1) is 6.92 Å². The lowest BCUT2D eigenvalue weighted by atomic mass is 10.0. The minimum atomic E-state index is -1.08. The van der Waals surface area contributed by atoms with Gasteiger partial charge in [-0.25, -0.2) is 4.98 Å². The van der Waals surface area contributed by atoms with Gasteiger partial charge in [0.05, 0.1) is 34.2 Å². The molecule has 0 aliphatic carbocycles. The second-order valence-corrected chi connectivity index (χ2v) is 20.8. The number of hydrogen-bond donors (Lipinski definition) is 2. The number of nitrogens with one attached hydrogen (secondary N) is 2. The quantitative estimate of drug-likeness (QED) is 0.0917. The molecule has 8 amide bonds. The molecule has 4 aliphatic heterocycles. The Labute approximate surface area is 432 Å². The maximum absolute atomic E-state index is 13.6.